The number of carbonyl (C=O) groups is 1. The third kappa shape index (κ3) is 4.45. The SMILES string of the molecule is O=C(O)C(Cc1cccc(Cl)c1)Cc1cc(Cl)ccc1F. The van der Waals surface area contributed by atoms with Crippen LogP contribution < -0.4 is 0 Å². The highest BCUT2D eigenvalue weighted by Gasteiger charge is 2.20. The molecule has 2 aromatic carbocycles. The van der Waals surface area contributed by atoms with Crippen molar-refractivity contribution < 1.29 is 14.3 Å². The molecule has 2 rings (SSSR count). The van der Waals surface area contributed by atoms with Gasteiger partial charge in [-0.05, 0) is 54.3 Å². The molecule has 0 fully saturated rings. The summed E-state index contributed by atoms with van der Waals surface area (Å²) in [5.41, 5.74) is 1.11. The minimum Gasteiger partial charge on any atom is -0.481 e. The minimum atomic E-state index is -0.977. The van der Waals surface area contributed by atoms with Crippen molar-refractivity contribution in [2.75, 3.05) is 0 Å². The van der Waals surface area contributed by atoms with Gasteiger partial charge in [0, 0.05) is 10.0 Å². The van der Waals surface area contributed by atoms with Crippen LogP contribution in [0, 0.1) is 11.7 Å². The Morgan fingerprint density at radius 1 is 1.10 bits per heavy atom. The van der Waals surface area contributed by atoms with Crippen molar-refractivity contribution in [2.45, 2.75) is 12.8 Å². The Bertz CT molecular complexity index is 658. The Morgan fingerprint density at radius 2 is 1.81 bits per heavy atom. The lowest BCUT2D eigenvalue weighted by atomic mass is 9.92. The molecule has 2 aromatic rings. The van der Waals surface area contributed by atoms with E-state index in [9.17, 15) is 14.3 Å². The second-order valence-electron chi connectivity index (χ2n) is 4.81. The number of hydrogen-bond donors (Lipinski definition) is 1. The quantitative estimate of drug-likeness (QED) is 0.870. The highest BCUT2D eigenvalue weighted by molar-refractivity contribution is 6.30. The number of aliphatic carboxylic acids is 1. The zero-order valence-corrected chi connectivity index (χ0v) is 12.5. The molecule has 0 aromatic heterocycles. The third-order valence-corrected chi connectivity index (χ3v) is 3.66. The molecule has 110 valence electrons. The molecule has 0 amide bonds. The molecule has 0 radical (unpaired) electrons. The fraction of sp³-hybridized carbons (Fsp3) is 0.188. The van der Waals surface area contributed by atoms with E-state index in [2.05, 4.69) is 0 Å². The zero-order valence-electron chi connectivity index (χ0n) is 11.0. The second kappa shape index (κ2) is 6.92. The van der Waals surface area contributed by atoms with E-state index in [1.54, 1.807) is 24.3 Å². The zero-order chi connectivity index (χ0) is 15.4. The first-order chi connectivity index (χ1) is 9.95. The highest BCUT2D eigenvalue weighted by Crippen LogP contribution is 2.22. The first-order valence-electron chi connectivity index (χ1n) is 6.37. The van der Waals surface area contributed by atoms with Gasteiger partial charge in [0.05, 0.1) is 5.92 Å². The fourth-order valence-electron chi connectivity index (χ4n) is 2.16. The van der Waals surface area contributed by atoms with Crippen molar-refractivity contribution in [1.82, 2.24) is 0 Å². The average molecular weight is 327 g/mol. The molecule has 0 heterocycles. The van der Waals surface area contributed by atoms with E-state index in [0.29, 0.717) is 15.6 Å². The van der Waals surface area contributed by atoms with Gasteiger partial charge in [0.25, 0.3) is 0 Å². The summed E-state index contributed by atoms with van der Waals surface area (Å²) in [6.45, 7) is 0. The summed E-state index contributed by atoms with van der Waals surface area (Å²) >= 11 is 11.7. The largest absolute Gasteiger partial charge is 0.481 e. The topological polar surface area (TPSA) is 37.3 Å². The number of hydrogen-bond acceptors (Lipinski definition) is 1. The van der Waals surface area contributed by atoms with Gasteiger partial charge in [-0.3, -0.25) is 4.79 Å². The molecule has 0 bridgehead atoms. The first kappa shape index (κ1) is 15.8. The van der Waals surface area contributed by atoms with Gasteiger partial charge in [-0.1, -0.05) is 35.3 Å². The summed E-state index contributed by atoms with van der Waals surface area (Å²) < 4.78 is 13.7. The molecular weight excluding hydrogens is 314 g/mol. The Labute approximate surface area is 132 Å². The van der Waals surface area contributed by atoms with Crippen LogP contribution in [0.3, 0.4) is 0 Å². The van der Waals surface area contributed by atoms with Crippen molar-refractivity contribution >= 4 is 29.2 Å². The molecule has 0 aliphatic rings. The molecule has 1 N–H and O–H groups in total. The fourth-order valence-corrected chi connectivity index (χ4v) is 2.57. The summed E-state index contributed by atoms with van der Waals surface area (Å²) in [6.07, 6.45) is 0.357. The van der Waals surface area contributed by atoms with E-state index in [4.69, 9.17) is 23.2 Å². The van der Waals surface area contributed by atoms with Crippen LogP contribution in [0.4, 0.5) is 4.39 Å². The van der Waals surface area contributed by atoms with Crippen LogP contribution >= 0.6 is 23.2 Å². The molecule has 1 atom stereocenters. The highest BCUT2D eigenvalue weighted by atomic mass is 35.5. The summed E-state index contributed by atoms with van der Waals surface area (Å²) in [4.78, 5) is 11.4. The van der Waals surface area contributed by atoms with Gasteiger partial charge in [0.2, 0.25) is 0 Å². The predicted octanol–water partition coefficient (Wildman–Crippen LogP) is 4.62. The van der Waals surface area contributed by atoms with Crippen molar-refractivity contribution in [3.63, 3.8) is 0 Å². The number of halogens is 3. The maximum atomic E-state index is 13.7. The van der Waals surface area contributed by atoms with Crippen LogP contribution in [0.25, 0.3) is 0 Å². The van der Waals surface area contributed by atoms with E-state index in [-0.39, 0.29) is 12.8 Å². The first-order valence-corrected chi connectivity index (χ1v) is 7.12. The van der Waals surface area contributed by atoms with E-state index in [1.165, 1.54) is 18.2 Å². The monoisotopic (exact) mass is 326 g/mol. The number of rotatable bonds is 5. The van der Waals surface area contributed by atoms with E-state index in [1.807, 2.05) is 0 Å². The molecule has 0 aliphatic heterocycles. The maximum Gasteiger partial charge on any atom is 0.307 e. The van der Waals surface area contributed by atoms with Crippen molar-refractivity contribution in [1.29, 1.82) is 0 Å². The number of carboxylic acid groups (broad SMARTS) is 1. The summed E-state index contributed by atoms with van der Waals surface area (Å²) in [6, 6.07) is 11.1. The molecule has 0 aliphatic carbocycles. The third-order valence-electron chi connectivity index (χ3n) is 3.19. The van der Waals surface area contributed by atoms with Crippen LogP contribution in [0.15, 0.2) is 42.5 Å². The van der Waals surface area contributed by atoms with Gasteiger partial charge in [-0.15, -0.1) is 0 Å². The molecule has 0 saturated carbocycles. The predicted molar refractivity (Wildman–Crippen MR) is 81.4 cm³/mol. The minimum absolute atomic E-state index is 0.0776. The Hall–Kier alpha value is -1.58. The Balaban J connectivity index is 2.20. The summed E-state index contributed by atoms with van der Waals surface area (Å²) in [5.74, 6) is -2.16. The van der Waals surface area contributed by atoms with E-state index >= 15 is 0 Å². The van der Waals surface area contributed by atoms with Crippen molar-refractivity contribution in [3.05, 3.63) is 69.5 Å². The van der Waals surface area contributed by atoms with Crippen LogP contribution in [-0.2, 0) is 17.6 Å². The van der Waals surface area contributed by atoms with Crippen LogP contribution in [0.2, 0.25) is 10.0 Å². The lowest BCUT2D eigenvalue weighted by molar-refractivity contribution is -0.141. The summed E-state index contributed by atoms with van der Waals surface area (Å²) in [5, 5.41) is 10.3. The molecule has 1 unspecified atom stereocenters. The Morgan fingerprint density at radius 3 is 2.48 bits per heavy atom. The summed E-state index contributed by atoms with van der Waals surface area (Å²) in [7, 11) is 0. The lowest BCUT2D eigenvalue weighted by Gasteiger charge is -2.13. The molecule has 5 heteroatoms. The van der Waals surface area contributed by atoms with Gasteiger partial charge >= 0.3 is 5.97 Å². The molecule has 0 saturated heterocycles. The van der Waals surface area contributed by atoms with Crippen molar-refractivity contribution in [2.24, 2.45) is 5.92 Å². The number of benzene rings is 2. The Kier molecular flexibility index (Phi) is 5.21. The van der Waals surface area contributed by atoms with Gasteiger partial charge in [0.1, 0.15) is 5.82 Å². The second-order valence-corrected chi connectivity index (χ2v) is 5.68. The van der Waals surface area contributed by atoms with Crippen LogP contribution in [-0.4, -0.2) is 11.1 Å². The molecular formula is C16H13Cl2FO2. The van der Waals surface area contributed by atoms with Gasteiger partial charge < -0.3 is 5.11 Å². The number of carboxylic acids is 1. The van der Waals surface area contributed by atoms with E-state index in [0.717, 1.165) is 5.56 Å². The normalized spacial score (nSPS) is 12.1. The van der Waals surface area contributed by atoms with Gasteiger partial charge in [0.15, 0.2) is 0 Å². The molecule has 21 heavy (non-hydrogen) atoms. The van der Waals surface area contributed by atoms with Gasteiger partial charge in [-0.2, -0.15) is 0 Å². The average Bonchev–Trinajstić information content (AvgIpc) is 2.42. The molecule has 0 spiro atoms. The van der Waals surface area contributed by atoms with Gasteiger partial charge in [-0.25, -0.2) is 4.39 Å². The lowest BCUT2D eigenvalue weighted by Crippen LogP contribution is -2.19. The maximum absolute atomic E-state index is 13.7. The standard InChI is InChI=1S/C16H13Cl2FO2/c17-13-3-1-2-10(7-13)6-12(16(20)21)8-11-9-14(18)4-5-15(11)19/h1-5,7,9,12H,6,8H2,(H,20,21). The van der Waals surface area contributed by atoms with Crippen molar-refractivity contribution in [3.8, 4) is 0 Å². The molecule has 2 nitrogen and oxygen atoms in total. The smallest absolute Gasteiger partial charge is 0.307 e. The van der Waals surface area contributed by atoms with Crippen LogP contribution in [0.5, 0.6) is 0 Å². The van der Waals surface area contributed by atoms with E-state index < -0.39 is 17.7 Å². The van der Waals surface area contributed by atoms with Crippen LogP contribution in [0.1, 0.15) is 11.1 Å².